The minimum atomic E-state index is -3.48. The summed E-state index contributed by atoms with van der Waals surface area (Å²) in [5.74, 6) is 5.59. The quantitative estimate of drug-likeness (QED) is 0.867. The second-order valence-corrected chi connectivity index (χ2v) is 7.45. The van der Waals surface area contributed by atoms with Crippen LogP contribution in [0, 0.1) is 17.8 Å². The van der Waals surface area contributed by atoms with E-state index in [9.17, 15) is 8.42 Å². The highest BCUT2D eigenvalue weighted by Gasteiger charge is 2.36. The van der Waals surface area contributed by atoms with Gasteiger partial charge in [0.1, 0.15) is 6.61 Å². The maximum Gasteiger partial charge on any atom is 0.243 e. The smallest absolute Gasteiger partial charge is 0.243 e. The third-order valence-electron chi connectivity index (χ3n) is 3.77. The largest absolute Gasteiger partial charge is 0.384 e. The number of sulfonamides is 1. The van der Waals surface area contributed by atoms with E-state index in [2.05, 4.69) is 25.7 Å². The van der Waals surface area contributed by atoms with E-state index in [-0.39, 0.29) is 17.5 Å². The van der Waals surface area contributed by atoms with Crippen LogP contribution in [0.1, 0.15) is 32.3 Å². The van der Waals surface area contributed by atoms with E-state index in [0.29, 0.717) is 18.0 Å². The molecule has 2 rings (SSSR count). The van der Waals surface area contributed by atoms with Crippen LogP contribution in [-0.2, 0) is 10.0 Å². The molecule has 0 bridgehead atoms. The lowest BCUT2D eigenvalue weighted by atomic mass is 10.0. The monoisotopic (exact) mass is 307 g/mol. The molecule has 1 fully saturated rings. The summed E-state index contributed by atoms with van der Waals surface area (Å²) in [6.45, 7) is 4.46. The summed E-state index contributed by atoms with van der Waals surface area (Å²) in [6, 6.07) is 6.69. The van der Waals surface area contributed by atoms with Crippen LogP contribution in [0.15, 0.2) is 29.2 Å². The molecule has 1 unspecified atom stereocenters. The molecule has 1 heterocycles. The van der Waals surface area contributed by atoms with Gasteiger partial charge in [-0.2, -0.15) is 4.31 Å². The molecule has 0 saturated carbocycles. The van der Waals surface area contributed by atoms with Gasteiger partial charge in [-0.3, -0.25) is 0 Å². The SMILES string of the molecule is CC(C)C1CCCN1S(=O)(=O)c1cccc(C#CCO)c1. The second-order valence-electron chi connectivity index (χ2n) is 5.56. The van der Waals surface area contributed by atoms with Gasteiger partial charge in [-0.1, -0.05) is 31.8 Å². The number of benzene rings is 1. The van der Waals surface area contributed by atoms with Crippen molar-refractivity contribution in [3.8, 4) is 11.8 Å². The summed E-state index contributed by atoms with van der Waals surface area (Å²) in [5, 5.41) is 8.73. The van der Waals surface area contributed by atoms with Gasteiger partial charge in [-0.05, 0) is 37.0 Å². The highest BCUT2D eigenvalue weighted by atomic mass is 32.2. The van der Waals surface area contributed by atoms with Gasteiger partial charge in [0.15, 0.2) is 0 Å². The van der Waals surface area contributed by atoms with Crippen LogP contribution in [0.3, 0.4) is 0 Å². The zero-order valence-electron chi connectivity index (χ0n) is 12.4. The Hall–Kier alpha value is -1.35. The lowest BCUT2D eigenvalue weighted by Gasteiger charge is -2.26. The van der Waals surface area contributed by atoms with Crippen molar-refractivity contribution in [2.75, 3.05) is 13.2 Å². The van der Waals surface area contributed by atoms with Crippen molar-refractivity contribution in [3.05, 3.63) is 29.8 Å². The Morgan fingerprint density at radius 3 is 2.86 bits per heavy atom. The zero-order valence-corrected chi connectivity index (χ0v) is 13.2. The number of hydrogen-bond donors (Lipinski definition) is 1. The highest BCUT2D eigenvalue weighted by molar-refractivity contribution is 7.89. The third kappa shape index (κ3) is 3.46. The number of rotatable bonds is 3. The molecule has 0 radical (unpaired) electrons. The fourth-order valence-corrected chi connectivity index (χ4v) is 4.61. The van der Waals surface area contributed by atoms with Crippen LogP contribution in [0.4, 0.5) is 0 Å². The van der Waals surface area contributed by atoms with Gasteiger partial charge in [0.25, 0.3) is 0 Å². The topological polar surface area (TPSA) is 57.6 Å². The molecular weight excluding hydrogens is 286 g/mol. The summed E-state index contributed by atoms with van der Waals surface area (Å²) in [7, 11) is -3.48. The van der Waals surface area contributed by atoms with E-state index in [1.165, 1.54) is 0 Å². The standard InChI is InChI=1S/C16H21NO3S/c1-13(2)16-9-4-10-17(16)21(19,20)15-8-3-6-14(12-15)7-5-11-18/h3,6,8,12-13,16,18H,4,9-11H2,1-2H3. The van der Waals surface area contributed by atoms with Gasteiger partial charge >= 0.3 is 0 Å². The first-order valence-electron chi connectivity index (χ1n) is 7.18. The second kappa shape index (κ2) is 6.61. The summed E-state index contributed by atoms with van der Waals surface area (Å²) in [6.07, 6.45) is 1.83. The van der Waals surface area contributed by atoms with Crippen molar-refractivity contribution >= 4 is 10.0 Å². The molecule has 1 saturated heterocycles. The first-order chi connectivity index (χ1) is 9.96. The van der Waals surface area contributed by atoms with Gasteiger partial charge in [-0.15, -0.1) is 0 Å². The molecule has 0 spiro atoms. The van der Waals surface area contributed by atoms with Crippen molar-refractivity contribution in [3.63, 3.8) is 0 Å². The van der Waals surface area contributed by atoms with Crippen molar-refractivity contribution in [2.24, 2.45) is 5.92 Å². The van der Waals surface area contributed by atoms with Gasteiger partial charge < -0.3 is 5.11 Å². The molecule has 0 aliphatic carbocycles. The maximum absolute atomic E-state index is 12.8. The van der Waals surface area contributed by atoms with E-state index >= 15 is 0 Å². The lowest BCUT2D eigenvalue weighted by molar-refractivity contribution is 0.316. The summed E-state index contributed by atoms with van der Waals surface area (Å²) in [4.78, 5) is 0.278. The van der Waals surface area contributed by atoms with Crippen LogP contribution in [0.25, 0.3) is 0 Å². The Labute approximate surface area is 126 Å². The van der Waals surface area contributed by atoms with Gasteiger partial charge in [0, 0.05) is 18.2 Å². The normalized spacial score (nSPS) is 19.5. The highest BCUT2D eigenvalue weighted by Crippen LogP contribution is 2.30. The van der Waals surface area contributed by atoms with Crippen molar-refractivity contribution in [1.29, 1.82) is 0 Å². The predicted molar refractivity (Wildman–Crippen MR) is 82.2 cm³/mol. The van der Waals surface area contributed by atoms with Gasteiger partial charge in [0.2, 0.25) is 10.0 Å². The molecule has 4 nitrogen and oxygen atoms in total. The van der Waals surface area contributed by atoms with E-state index in [4.69, 9.17) is 5.11 Å². The van der Waals surface area contributed by atoms with Crippen LogP contribution in [0.2, 0.25) is 0 Å². The Balaban J connectivity index is 2.35. The fraction of sp³-hybridized carbons (Fsp3) is 0.500. The minimum absolute atomic E-state index is 0.0715. The molecule has 0 amide bonds. The molecule has 1 N–H and O–H groups in total. The third-order valence-corrected chi connectivity index (χ3v) is 5.69. The molecule has 1 aromatic carbocycles. The molecule has 5 heteroatoms. The number of aliphatic hydroxyl groups excluding tert-OH is 1. The van der Waals surface area contributed by atoms with Gasteiger partial charge in [-0.25, -0.2) is 8.42 Å². The summed E-state index contributed by atoms with van der Waals surface area (Å²) in [5.41, 5.74) is 0.602. The molecule has 1 aliphatic rings. The minimum Gasteiger partial charge on any atom is -0.384 e. The van der Waals surface area contributed by atoms with Gasteiger partial charge in [0.05, 0.1) is 4.90 Å². The molecule has 1 aromatic rings. The summed E-state index contributed by atoms with van der Waals surface area (Å²) < 4.78 is 27.2. The maximum atomic E-state index is 12.8. The van der Waals surface area contributed by atoms with E-state index in [1.54, 1.807) is 28.6 Å². The Morgan fingerprint density at radius 2 is 2.19 bits per heavy atom. The average molecular weight is 307 g/mol. The first kappa shape index (κ1) is 16.0. The summed E-state index contributed by atoms with van der Waals surface area (Å²) >= 11 is 0. The molecule has 21 heavy (non-hydrogen) atoms. The molecule has 0 aromatic heterocycles. The molecule has 1 aliphatic heterocycles. The zero-order chi connectivity index (χ0) is 15.5. The molecule has 114 valence electrons. The Morgan fingerprint density at radius 1 is 1.43 bits per heavy atom. The van der Waals surface area contributed by atoms with E-state index in [1.807, 2.05) is 0 Å². The molecule has 1 atom stereocenters. The van der Waals surface area contributed by atoms with Crippen molar-refractivity contribution in [2.45, 2.75) is 37.6 Å². The van der Waals surface area contributed by atoms with Crippen LogP contribution in [-0.4, -0.2) is 37.0 Å². The lowest BCUT2D eigenvalue weighted by Crippen LogP contribution is -2.38. The Bertz CT molecular complexity index is 656. The fourth-order valence-electron chi connectivity index (χ4n) is 2.74. The number of nitrogens with zero attached hydrogens (tertiary/aromatic N) is 1. The number of aliphatic hydroxyl groups is 1. The van der Waals surface area contributed by atoms with E-state index < -0.39 is 10.0 Å². The van der Waals surface area contributed by atoms with Crippen LogP contribution in [0.5, 0.6) is 0 Å². The van der Waals surface area contributed by atoms with Crippen molar-refractivity contribution in [1.82, 2.24) is 4.31 Å². The average Bonchev–Trinajstić information content (AvgIpc) is 2.96. The Kier molecular flexibility index (Phi) is 5.04. The predicted octanol–water partition coefficient (Wildman–Crippen LogP) is 1.84. The van der Waals surface area contributed by atoms with Crippen LogP contribution >= 0.6 is 0 Å². The van der Waals surface area contributed by atoms with E-state index in [0.717, 1.165) is 12.8 Å². The molecular formula is C16H21NO3S. The first-order valence-corrected chi connectivity index (χ1v) is 8.62. The van der Waals surface area contributed by atoms with Crippen LogP contribution < -0.4 is 0 Å². The number of hydrogen-bond acceptors (Lipinski definition) is 3. The van der Waals surface area contributed by atoms with Crippen molar-refractivity contribution < 1.29 is 13.5 Å².